The second-order valence-corrected chi connectivity index (χ2v) is 33.1. The molecule has 6 heterocycles. The molecule has 20 aromatic carbocycles. The van der Waals surface area contributed by atoms with Crippen molar-refractivity contribution in [1.82, 2.24) is 9.13 Å². The fourth-order valence-electron chi connectivity index (χ4n) is 19.6. The van der Waals surface area contributed by atoms with Crippen LogP contribution in [0.4, 0.5) is 68.2 Å². The fourth-order valence-corrected chi connectivity index (χ4v) is 19.6. The van der Waals surface area contributed by atoms with Gasteiger partial charge in [0.1, 0.15) is 44.7 Å². The van der Waals surface area contributed by atoms with Crippen molar-refractivity contribution in [2.75, 3.05) is 19.6 Å². The molecule has 0 aliphatic carbocycles. The molecule has 6 aromatic heterocycles. The van der Waals surface area contributed by atoms with Crippen LogP contribution in [-0.4, -0.2) is 9.13 Å². The predicted octanol–water partition coefficient (Wildman–Crippen LogP) is 34.4. The first-order valence-electron chi connectivity index (χ1n) is 44.0. The van der Waals surface area contributed by atoms with Crippen molar-refractivity contribution in [1.29, 1.82) is 0 Å². The van der Waals surface area contributed by atoms with E-state index in [2.05, 4.69) is 453 Å². The average molecular weight is 1670 g/mol. The Morgan fingerprint density at radius 3 is 0.731 bits per heavy atom. The van der Waals surface area contributed by atoms with E-state index >= 15 is 0 Å². The largest absolute Gasteiger partial charge is 0.456 e. The van der Waals surface area contributed by atoms with Gasteiger partial charge in [-0.25, -0.2) is 0 Å². The van der Waals surface area contributed by atoms with Crippen LogP contribution >= 0.6 is 0 Å². The van der Waals surface area contributed by atoms with Crippen molar-refractivity contribution in [2.45, 2.75) is 0 Å². The van der Waals surface area contributed by atoms with Gasteiger partial charge in [-0.15, -0.1) is 0 Å². The zero-order valence-electron chi connectivity index (χ0n) is 70.3. The smallest absolute Gasteiger partial charge is 0.137 e. The number of para-hydroxylation sites is 12. The summed E-state index contributed by atoms with van der Waals surface area (Å²) in [5, 5.41) is 13.5. The van der Waals surface area contributed by atoms with Gasteiger partial charge in [-0.1, -0.05) is 231 Å². The molecular formula is C120H78N6O4. The standard InChI is InChI=1S/2C60H39N3O2/c1-4-16-42(17-5-1)61(45-29-31-52-50-23-11-14-26-57(50)64-59(52)38-45)47-34-41(40-28-33-56-54(36-40)49-22-10-13-25-55(49)63(56)44-20-8-3-9-21-44)35-48(37-47)62(43-18-6-2-7-19-43)46-30-32-53-51-24-12-15-27-58(51)65-60(53)39-46;1-4-16-42(17-5-1)61(45-29-32-59-53(38-45)50-23-11-14-26-57(50)64-59)47-34-41(40-28-31-56-52(36-40)49-22-10-13-25-55(49)63(56)44-20-8-3-9-21-44)35-48(37-47)62(43-18-6-2-7-19-43)46-30-33-60-54(39-46)51-24-12-15-27-58(51)65-60/h2*1-39H. The van der Waals surface area contributed by atoms with Gasteiger partial charge in [0.05, 0.1) is 22.1 Å². The lowest BCUT2D eigenvalue weighted by Crippen LogP contribution is -2.13. The van der Waals surface area contributed by atoms with E-state index in [0.29, 0.717) is 0 Å². The predicted molar refractivity (Wildman–Crippen MR) is 540 cm³/mol. The maximum Gasteiger partial charge on any atom is 0.137 e. The Hall–Kier alpha value is -17.6. The van der Waals surface area contributed by atoms with Gasteiger partial charge in [-0.2, -0.15) is 0 Å². The Morgan fingerprint density at radius 2 is 0.385 bits per heavy atom. The molecule has 10 nitrogen and oxygen atoms in total. The lowest BCUT2D eigenvalue weighted by Gasteiger charge is -2.30. The Morgan fingerprint density at radius 1 is 0.131 bits per heavy atom. The van der Waals surface area contributed by atoms with E-state index in [1.165, 1.54) is 32.6 Å². The maximum atomic E-state index is 6.51. The number of fused-ring (bicyclic) bond motifs is 18. The van der Waals surface area contributed by atoms with Crippen molar-refractivity contribution in [3.63, 3.8) is 0 Å². The van der Waals surface area contributed by atoms with Crippen molar-refractivity contribution >= 4 is 200 Å². The first-order chi connectivity index (χ1) is 64.4. The van der Waals surface area contributed by atoms with Crippen molar-refractivity contribution < 1.29 is 17.7 Å². The van der Waals surface area contributed by atoms with Crippen LogP contribution in [0.5, 0.6) is 0 Å². The number of benzene rings is 20. The summed E-state index contributed by atoms with van der Waals surface area (Å²) in [4.78, 5) is 9.41. The van der Waals surface area contributed by atoms with Crippen LogP contribution in [0.2, 0.25) is 0 Å². The summed E-state index contributed by atoms with van der Waals surface area (Å²) in [7, 11) is 0. The minimum Gasteiger partial charge on any atom is -0.456 e. The highest BCUT2D eigenvalue weighted by Crippen LogP contribution is 2.51. The second kappa shape index (κ2) is 31.3. The molecule has 26 rings (SSSR count). The first kappa shape index (κ1) is 75.0. The molecule has 0 spiro atoms. The summed E-state index contributed by atoms with van der Waals surface area (Å²) < 4.78 is 30.4. The molecule has 0 bridgehead atoms. The summed E-state index contributed by atoms with van der Waals surface area (Å²) >= 11 is 0. The minimum absolute atomic E-state index is 0.839. The number of furan rings is 4. The average Bonchev–Trinajstić information content (AvgIpc) is 1.33. The summed E-state index contributed by atoms with van der Waals surface area (Å²) in [5.41, 5.74) is 30.4. The van der Waals surface area contributed by atoms with Crippen molar-refractivity contribution in [3.8, 4) is 33.6 Å². The third-order valence-corrected chi connectivity index (χ3v) is 25.4. The summed E-state index contributed by atoms with van der Waals surface area (Å²) in [6.45, 7) is 0. The third kappa shape index (κ3) is 13.0. The van der Waals surface area contributed by atoms with Crippen LogP contribution in [-0.2, 0) is 0 Å². The molecule has 0 atom stereocenters. The zero-order valence-corrected chi connectivity index (χ0v) is 70.3. The number of rotatable bonds is 16. The molecular weight excluding hydrogens is 1590 g/mol. The topological polar surface area (TPSA) is 75.4 Å². The maximum absolute atomic E-state index is 6.51. The Kier molecular flexibility index (Phi) is 18.0. The van der Waals surface area contributed by atoms with Gasteiger partial charge in [0.25, 0.3) is 0 Å². The lowest BCUT2D eigenvalue weighted by atomic mass is 9.99. The van der Waals surface area contributed by atoms with Gasteiger partial charge < -0.3 is 46.4 Å². The summed E-state index contributed by atoms with van der Waals surface area (Å²) in [5.74, 6) is 0. The van der Waals surface area contributed by atoms with Gasteiger partial charge in [-0.05, 0) is 253 Å². The van der Waals surface area contributed by atoms with E-state index in [-0.39, 0.29) is 0 Å². The molecule has 0 radical (unpaired) electrons. The van der Waals surface area contributed by atoms with Crippen LogP contribution in [0, 0.1) is 0 Å². The molecule has 0 saturated carbocycles. The summed E-state index contributed by atoms with van der Waals surface area (Å²) in [6.07, 6.45) is 0. The van der Waals surface area contributed by atoms with E-state index in [9.17, 15) is 0 Å². The zero-order chi connectivity index (χ0) is 85.7. The van der Waals surface area contributed by atoms with Gasteiger partial charge >= 0.3 is 0 Å². The van der Waals surface area contributed by atoms with Crippen LogP contribution < -0.4 is 19.6 Å². The highest BCUT2D eigenvalue weighted by Gasteiger charge is 2.27. The van der Waals surface area contributed by atoms with E-state index in [1.807, 2.05) is 48.5 Å². The van der Waals surface area contributed by atoms with Gasteiger partial charge in [0, 0.05) is 156 Å². The number of aromatic nitrogens is 2. The molecule has 0 fully saturated rings. The van der Waals surface area contributed by atoms with E-state index in [4.69, 9.17) is 17.7 Å². The molecule has 130 heavy (non-hydrogen) atoms. The molecule has 0 N–H and O–H groups in total. The van der Waals surface area contributed by atoms with Crippen LogP contribution in [0.1, 0.15) is 0 Å². The molecule has 0 amide bonds. The number of nitrogens with zero attached hydrogens (tertiary/aromatic N) is 6. The number of anilines is 12. The van der Waals surface area contributed by atoms with Gasteiger partial charge in [-0.3, -0.25) is 0 Å². The van der Waals surface area contributed by atoms with Gasteiger partial charge in [0.15, 0.2) is 0 Å². The molecule has 0 unspecified atom stereocenters. The van der Waals surface area contributed by atoms with E-state index in [0.717, 1.165) is 201 Å². The Bertz CT molecular complexity index is 8490. The van der Waals surface area contributed by atoms with E-state index < -0.39 is 0 Å². The molecule has 0 aliphatic heterocycles. The second-order valence-electron chi connectivity index (χ2n) is 33.1. The SMILES string of the molecule is c1ccc(N(c2cc(-c3ccc4c(c3)c3ccccc3n4-c3ccccc3)cc(N(c3ccccc3)c3ccc4c(c3)oc3ccccc34)c2)c2ccc3c(c2)oc2ccccc23)cc1.c1ccc(N(c2cc(-c3ccc4c(c3)c3ccccc3n4-c3ccccc3)cc(N(c3ccccc3)c3ccc4oc5ccccc5c4c3)c2)c2ccc3oc4ccccc4c3c2)cc1. The van der Waals surface area contributed by atoms with Crippen molar-refractivity contribution in [2.24, 2.45) is 0 Å². The normalized spacial score (nSPS) is 11.7. The van der Waals surface area contributed by atoms with Crippen LogP contribution in [0.25, 0.3) is 165 Å². The van der Waals surface area contributed by atoms with Gasteiger partial charge in [0.2, 0.25) is 0 Å². The fraction of sp³-hybridized carbons (Fsp3) is 0. The molecule has 0 aliphatic rings. The summed E-state index contributed by atoms with van der Waals surface area (Å²) in [6, 6.07) is 168. The molecule has 612 valence electrons. The highest BCUT2D eigenvalue weighted by atomic mass is 16.3. The minimum atomic E-state index is 0.839. The third-order valence-electron chi connectivity index (χ3n) is 25.4. The molecule has 10 heteroatoms. The monoisotopic (exact) mass is 1670 g/mol. The van der Waals surface area contributed by atoms with Crippen molar-refractivity contribution in [3.05, 3.63) is 473 Å². The highest BCUT2D eigenvalue weighted by molar-refractivity contribution is 6.15. The molecule has 26 aromatic rings. The molecule has 0 saturated heterocycles. The van der Waals surface area contributed by atoms with Crippen LogP contribution in [0.15, 0.2) is 491 Å². The number of hydrogen-bond donors (Lipinski definition) is 0. The first-order valence-corrected chi connectivity index (χ1v) is 44.0. The Labute approximate surface area is 747 Å². The Balaban J connectivity index is 0.000000140. The number of hydrogen-bond acceptors (Lipinski definition) is 8. The van der Waals surface area contributed by atoms with E-state index in [1.54, 1.807) is 0 Å². The van der Waals surface area contributed by atoms with Crippen LogP contribution in [0.3, 0.4) is 0 Å². The lowest BCUT2D eigenvalue weighted by molar-refractivity contribution is 0.668. The quantitative estimate of drug-likeness (QED) is 0.0947.